The van der Waals surface area contributed by atoms with Gasteiger partial charge >= 0.3 is 0 Å². The van der Waals surface area contributed by atoms with Gasteiger partial charge in [0.2, 0.25) is 5.88 Å². The average Bonchev–Trinajstić information content (AvgIpc) is 2.80. The van der Waals surface area contributed by atoms with E-state index in [0.717, 1.165) is 26.8 Å². The number of anilines is 3. The Morgan fingerprint density at radius 1 is 1.04 bits per heavy atom. The number of nitrogens with one attached hydrogen (secondary N) is 1. The van der Waals surface area contributed by atoms with E-state index in [1.807, 2.05) is 39.8 Å². The van der Waals surface area contributed by atoms with Crippen LogP contribution in [0.2, 0.25) is 0 Å². The molecule has 0 spiro atoms. The van der Waals surface area contributed by atoms with Crippen molar-refractivity contribution in [2.24, 2.45) is 0 Å². The first-order valence-electron chi connectivity index (χ1n) is 7.50. The molecule has 0 aliphatic rings. The van der Waals surface area contributed by atoms with Crippen LogP contribution in [0, 0.1) is 27.7 Å². The topological polar surface area (TPSA) is 86.0 Å². The van der Waals surface area contributed by atoms with Gasteiger partial charge in [-0.1, -0.05) is 6.07 Å². The lowest BCUT2D eigenvalue weighted by atomic mass is 10.1. The second-order valence-electron chi connectivity index (χ2n) is 5.65. The third-order valence-electron chi connectivity index (χ3n) is 3.51. The number of ether oxygens (including phenoxy) is 1. The Balaban J connectivity index is 1.87. The number of nitrogens with two attached hydrogens (primary N) is 1. The van der Waals surface area contributed by atoms with Crippen molar-refractivity contribution >= 4 is 28.0 Å². The summed E-state index contributed by atoms with van der Waals surface area (Å²) >= 11 is 1.55. The van der Waals surface area contributed by atoms with Crippen molar-refractivity contribution in [3.8, 4) is 11.6 Å². The van der Waals surface area contributed by atoms with Crippen molar-refractivity contribution in [2.45, 2.75) is 27.7 Å². The standard InChI is InChI=1S/C17H19N5OS/c1-9-5-10(2)7-13(6-9)23-16-14(18)15(19-8-20-16)22-17-21-11(3)12(4)24-17/h5-8H,18H2,1-4H3,(H,19,20,21,22). The molecule has 2 heterocycles. The number of aromatic nitrogens is 3. The van der Waals surface area contributed by atoms with Crippen LogP contribution in [-0.4, -0.2) is 15.0 Å². The van der Waals surface area contributed by atoms with E-state index in [1.54, 1.807) is 11.3 Å². The summed E-state index contributed by atoms with van der Waals surface area (Å²) in [6, 6.07) is 5.96. The highest BCUT2D eigenvalue weighted by atomic mass is 32.1. The Morgan fingerprint density at radius 3 is 2.38 bits per heavy atom. The molecule has 0 saturated heterocycles. The van der Waals surface area contributed by atoms with Crippen LogP contribution in [0.4, 0.5) is 16.6 Å². The SMILES string of the molecule is Cc1cc(C)cc(Oc2ncnc(Nc3nc(C)c(C)s3)c2N)c1. The van der Waals surface area contributed by atoms with Crippen molar-refractivity contribution in [3.63, 3.8) is 0 Å². The highest BCUT2D eigenvalue weighted by Gasteiger charge is 2.13. The molecule has 0 saturated carbocycles. The normalized spacial score (nSPS) is 10.7. The van der Waals surface area contributed by atoms with Crippen molar-refractivity contribution < 1.29 is 4.74 Å². The van der Waals surface area contributed by atoms with Crippen LogP contribution in [0.3, 0.4) is 0 Å². The smallest absolute Gasteiger partial charge is 0.248 e. The first-order chi connectivity index (χ1) is 11.4. The fourth-order valence-electron chi connectivity index (χ4n) is 2.29. The summed E-state index contributed by atoms with van der Waals surface area (Å²) in [6.45, 7) is 8.03. The van der Waals surface area contributed by atoms with Gasteiger partial charge in [-0.05, 0) is 51.0 Å². The number of nitrogens with zero attached hydrogens (tertiary/aromatic N) is 3. The molecular formula is C17H19N5OS. The van der Waals surface area contributed by atoms with Crippen molar-refractivity contribution in [1.29, 1.82) is 0 Å². The van der Waals surface area contributed by atoms with Crippen LogP contribution >= 0.6 is 11.3 Å². The zero-order valence-corrected chi connectivity index (χ0v) is 14.9. The molecule has 0 fully saturated rings. The minimum Gasteiger partial charge on any atom is -0.437 e. The van der Waals surface area contributed by atoms with Gasteiger partial charge < -0.3 is 15.8 Å². The van der Waals surface area contributed by atoms with Gasteiger partial charge in [-0.15, -0.1) is 11.3 Å². The molecule has 0 aliphatic heterocycles. The number of nitrogen functional groups attached to an aromatic ring is 1. The fourth-order valence-corrected chi connectivity index (χ4v) is 3.10. The third kappa shape index (κ3) is 3.46. The van der Waals surface area contributed by atoms with Crippen molar-refractivity contribution in [1.82, 2.24) is 15.0 Å². The molecular weight excluding hydrogens is 322 g/mol. The number of rotatable bonds is 4. The maximum Gasteiger partial charge on any atom is 0.248 e. The maximum atomic E-state index is 6.16. The van der Waals surface area contributed by atoms with Gasteiger partial charge in [0, 0.05) is 4.88 Å². The average molecular weight is 341 g/mol. The predicted molar refractivity (Wildman–Crippen MR) is 97.3 cm³/mol. The molecule has 0 unspecified atom stereocenters. The minimum atomic E-state index is 0.322. The largest absolute Gasteiger partial charge is 0.437 e. The summed E-state index contributed by atoms with van der Waals surface area (Å²) in [6.07, 6.45) is 1.42. The van der Waals surface area contributed by atoms with E-state index >= 15 is 0 Å². The summed E-state index contributed by atoms with van der Waals surface area (Å²) < 4.78 is 5.84. The molecule has 3 N–H and O–H groups in total. The predicted octanol–water partition coefficient (Wildman–Crippen LogP) is 4.28. The summed E-state index contributed by atoms with van der Waals surface area (Å²) in [5.41, 5.74) is 9.73. The Hall–Kier alpha value is -2.67. The molecule has 1 aromatic carbocycles. The minimum absolute atomic E-state index is 0.322. The van der Waals surface area contributed by atoms with Crippen molar-refractivity contribution in [3.05, 3.63) is 46.2 Å². The summed E-state index contributed by atoms with van der Waals surface area (Å²) in [5.74, 6) is 1.51. The van der Waals surface area contributed by atoms with E-state index in [9.17, 15) is 0 Å². The number of thiazole rings is 1. The summed E-state index contributed by atoms with van der Waals surface area (Å²) in [5, 5.41) is 3.88. The number of benzene rings is 1. The number of hydrogen-bond donors (Lipinski definition) is 2. The summed E-state index contributed by atoms with van der Waals surface area (Å²) in [7, 11) is 0. The Morgan fingerprint density at radius 2 is 1.75 bits per heavy atom. The van der Waals surface area contributed by atoms with E-state index in [1.165, 1.54) is 6.33 Å². The number of hydrogen-bond acceptors (Lipinski definition) is 7. The van der Waals surface area contributed by atoms with E-state index in [-0.39, 0.29) is 0 Å². The van der Waals surface area contributed by atoms with Gasteiger partial charge in [0.25, 0.3) is 0 Å². The second kappa shape index (κ2) is 6.45. The van der Waals surface area contributed by atoms with Gasteiger partial charge in [-0.2, -0.15) is 4.98 Å². The van der Waals surface area contributed by atoms with Crippen LogP contribution in [-0.2, 0) is 0 Å². The highest BCUT2D eigenvalue weighted by Crippen LogP contribution is 2.33. The Kier molecular flexibility index (Phi) is 4.35. The monoisotopic (exact) mass is 341 g/mol. The first kappa shape index (κ1) is 16.2. The quantitative estimate of drug-likeness (QED) is 0.736. The lowest BCUT2D eigenvalue weighted by Crippen LogP contribution is -2.03. The molecule has 0 amide bonds. The van der Waals surface area contributed by atoms with Crippen LogP contribution < -0.4 is 15.8 Å². The van der Waals surface area contributed by atoms with Gasteiger partial charge in [-0.3, -0.25) is 0 Å². The van der Waals surface area contributed by atoms with E-state index in [4.69, 9.17) is 10.5 Å². The molecule has 3 aromatic rings. The van der Waals surface area contributed by atoms with E-state index in [0.29, 0.717) is 23.1 Å². The van der Waals surface area contributed by atoms with Gasteiger partial charge in [0.05, 0.1) is 5.69 Å². The van der Waals surface area contributed by atoms with Crippen molar-refractivity contribution in [2.75, 3.05) is 11.1 Å². The molecule has 0 atom stereocenters. The van der Waals surface area contributed by atoms with Crippen LogP contribution in [0.15, 0.2) is 24.5 Å². The molecule has 0 aliphatic carbocycles. The third-order valence-corrected chi connectivity index (χ3v) is 4.50. The lowest BCUT2D eigenvalue weighted by molar-refractivity contribution is 0.464. The molecule has 3 rings (SSSR count). The molecule has 6 nitrogen and oxygen atoms in total. The zero-order valence-electron chi connectivity index (χ0n) is 14.0. The zero-order chi connectivity index (χ0) is 17.3. The first-order valence-corrected chi connectivity index (χ1v) is 8.31. The maximum absolute atomic E-state index is 6.16. The van der Waals surface area contributed by atoms with Gasteiger partial charge in [0.15, 0.2) is 10.9 Å². The second-order valence-corrected chi connectivity index (χ2v) is 6.86. The van der Waals surface area contributed by atoms with Crippen LogP contribution in [0.5, 0.6) is 11.6 Å². The highest BCUT2D eigenvalue weighted by molar-refractivity contribution is 7.15. The Labute approximate surface area is 144 Å². The van der Waals surface area contributed by atoms with Crippen LogP contribution in [0.25, 0.3) is 0 Å². The lowest BCUT2D eigenvalue weighted by Gasteiger charge is -2.11. The molecule has 7 heteroatoms. The van der Waals surface area contributed by atoms with Gasteiger partial charge in [-0.25, -0.2) is 9.97 Å². The van der Waals surface area contributed by atoms with Gasteiger partial charge in [0.1, 0.15) is 17.8 Å². The molecule has 124 valence electrons. The van der Waals surface area contributed by atoms with E-state index in [2.05, 4.69) is 26.3 Å². The number of aryl methyl sites for hydroxylation is 4. The fraction of sp³-hybridized carbons (Fsp3) is 0.235. The molecule has 2 aromatic heterocycles. The molecule has 24 heavy (non-hydrogen) atoms. The van der Waals surface area contributed by atoms with Crippen LogP contribution in [0.1, 0.15) is 21.7 Å². The molecule has 0 bridgehead atoms. The molecule has 0 radical (unpaired) electrons. The van der Waals surface area contributed by atoms with E-state index < -0.39 is 0 Å². The Bertz CT molecular complexity index is 851. The summed E-state index contributed by atoms with van der Waals surface area (Å²) in [4.78, 5) is 13.9.